The molecular weight excluding hydrogens is 398 g/mol. The number of halogens is 1. The fraction of sp³-hybridized carbons (Fsp3) is 0.100. The van der Waals surface area contributed by atoms with Crippen molar-refractivity contribution in [1.29, 1.82) is 0 Å². The van der Waals surface area contributed by atoms with Crippen molar-refractivity contribution in [1.82, 2.24) is 0 Å². The van der Waals surface area contributed by atoms with E-state index in [9.17, 15) is 8.42 Å². The molecule has 0 unspecified atom stereocenters. The van der Waals surface area contributed by atoms with E-state index in [-0.39, 0.29) is 11.4 Å². The van der Waals surface area contributed by atoms with E-state index in [4.69, 9.17) is 0 Å². The molecule has 0 heterocycles. The van der Waals surface area contributed by atoms with Gasteiger partial charge in [0.15, 0.2) is 0 Å². The highest BCUT2D eigenvalue weighted by Gasteiger charge is 2.26. The Morgan fingerprint density at radius 3 is 2.08 bits per heavy atom. The third-order valence-corrected chi connectivity index (χ3v) is 6.26. The number of hydrogen-bond acceptors (Lipinski definition) is 2. The van der Waals surface area contributed by atoms with Crippen molar-refractivity contribution in [2.75, 3.05) is 4.31 Å². The highest BCUT2D eigenvalue weighted by Crippen LogP contribution is 2.28. The van der Waals surface area contributed by atoms with E-state index in [1.54, 1.807) is 24.3 Å². The van der Waals surface area contributed by atoms with Gasteiger partial charge in [0.05, 0.1) is 17.1 Å². The molecule has 0 fully saturated rings. The SMILES string of the molecule is Cc1ccccc1N(Cc1ccc(Br)cc1)S(=O)(=O)c1ccccc1. The van der Waals surface area contributed by atoms with Gasteiger partial charge in [-0.25, -0.2) is 8.42 Å². The Labute approximate surface area is 157 Å². The van der Waals surface area contributed by atoms with Crippen LogP contribution in [-0.4, -0.2) is 8.42 Å². The quantitative estimate of drug-likeness (QED) is 0.577. The van der Waals surface area contributed by atoms with Crippen LogP contribution in [0.4, 0.5) is 5.69 Å². The van der Waals surface area contributed by atoms with Crippen LogP contribution in [0.3, 0.4) is 0 Å². The minimum atomic E-state index is -3.66. The predicted molar refractivity (Wildman–Crippen MR) is 105 cm³/mol. The third kappa shape index (κ3) is 3.94. The van der Waals surface area contributed by atoms with E-state index in [1.165, 1.54) is 4.31 Å². The summed E-state index contributed by atoms with van der Waals surface area (Å²) in [5, 5.41) is 0. The first kappa shape index (κ1) is 17.7. The standard InChI is InChI=1S/C20H18BrNO2S/c1-16-7-5-6-10-20(16)22(15-17-11-13-18(21)14-12-17)25(23,24)19-8-3-2-4-9-19/h2-14H,15H2,1H3. The van der Waals surface area contributed by atoms with E-state index in [0.717, 1.165) is 15.6 Å². The average molecular weight is 416 g/mol. The van der Waals surface area contributed by atoms with Crippen molar-refractivity contribution in [3.63, 3.8) is 0 Å². The zero-order chi connectivity index (χ0) is 17.9. The van der Waals surface area contributed by atoms with Crippen LogP contribution in [0.2, 0.25) is 0 Å². The minimum Gasteiger partial charge on any atom is -0.262 e. The highest BCUT2D eigenvalue weighted by molar-refractivity contribution is 9.10. The molecule has 5 heteroatoms. The Bertz CT molecular complexity index is 955. The Kier molecular flexibility index (Phi) is 5.25. The van der Waals surface area contributed by atoms with Gasteiger partial charge in [-0.05, 0) is 48.4 Å². The Hall–Kier alpha value is -2.11. The molecule has 0 aliphatic carbocycles. The molecule has 0 saturated carbocycles. The molecule has 0 spiro atoms. The van der Waals surface area contributed by atoms with Gasteiger partial charge >= 0.3 is 0 Å². The monoisotopic (exact) mass is 415 g/mol. The molecule has 0 radical (unpaired) electrons. The molecule has 128 valence electrons. The van der Waals surface area contributed by atoms with Gasteiger partial charge in [0.1, 0.15) is 0 Å². The van der Waals surface area contributed by atoms with Gasteiger partial charge in [0, 0.05) is 4.47 Å². The van der Waals surface area contributed by atoms with Crippen molar-refractivity contribution in [2.45, 2.75) is 18.4 Å². The van der Waals surface area contributed by atoms with Crippen LogP contribution >= 0.6 is 15.9 Å². The van der Waals surface area contributed by atoms with E-state index in [1.807, 2.05) is 61.5 Å². The highest BCUT2D eigenvalue weighted by atomic mass is 79.9. The maximum Gasteiger partial charge on any atom is 0.264 e. The molecule has 0 aromatic heterocycles. The number of para-hydroxylation sites is 1. The van der Waals surface area contributed by atoms with Gasteiger partial charge < -0.3 is 0 Å². The van der Waals surface area contributed by atoms with Crippen molar-refractivity contribution in [3.05, 3.63) is 94.5 Å². The Balaban J connectivity index is 2.09. The van der Waals surface area contributed by atoms with Crippen molar-refractivity contribution in [2.24, 2.45) is 0 Å². The summed E-state index contributed by atoms with van der Waals surface area (Å²) >= 11 is 3.41. The van der Waals surface area contributed by atoms with Gasteiger partial charge in [-0.2, -0.15) is 0 Å². The fourth-order valence-corrected chi connectivity index (χ4v) is 4.42. The molecule has 0 aliphatic rings. The van der Waals surface area contributed by atoms with Gasteiger partial charge in [-0.15, -0.1) is 0 Å². The van der Waals surface area contributed by atoms with Crippen LogP contribution in [0.25, 0.3) is 0 Å². The number of nitrogens with zero attached hydrogens (tertiary/aromatic N) is 1. The van der Waals surface area contributed by atoms with Crippen molar-refractivity contribution < 1.29 is 8.42 Å². The molecule has 3 aromatic rings. The molecule has 3 rings (SSSR count). The van der Waals surface area contributed by atoms with Crippen molar-refractivity contribution >= 4 is 31.6 Å². The summed E-state index contributed by atoms with van der Waals surface area (Å²) < 4.78 is 29.0. The second-order valence-corrected chi connectivity index (χ2v) is 8.52. The zero-order valence-electron chi connectivity index (χ0n) is 13.8. The van der Waals surface area contributed by atoms with E-state index in [2.05, 4.69) is 15.9 Å². The summed E-state index contributed by atoms with van der Waals surface area (Å²) in [7, 11) is -3.66. The largest absolute Gasteiger partial charge is 0.264 e. The molecule has 0 saturated heterocycles. The molecule has 3 nitrogen and oxygen atoms in total. The summed E-state index contributed by atoms with van der Waals surface area (Å²) in [6.45, 7) is 2.19. The molecule has 0 N–H and O–H groups in total. The number of benzene rings is 3. The average Bonchev–Trinajstić information content (AvgIpc) is 2.63. The third-order valence-electron chi connectivity index (χ3n) is 3.95. The number of hydrogen-bond donors (Lipinski definition) is 0. The maximum absolute atomic E-state index is 13.3. The van der Waals surface area contributed by atoms with Gasteiger partial charge in [0.2, 0.25) is 0 Å². The van der Waals surface area contributed by atoms with Crippen LogP contribution in [0.15, 0.2) is 88.2 Å². The number of rotatable bonds is 5. The van der Waals surface area contributed by atoms with Crippen LogP contribution in [-0.2, 0) is 16.6 Å². The van der Waals surface area contributed by atoms with Gasteiger partial charge in [-0.1, -0.05) is 64.5 Å². The van der Waals surface area contributed by atoms with Crippen LogP contribution in [0.1, 0.15) is 11.1 Å². The molecule has 0 bridgehead atoms. The Morgan fingerprint density at radius 1 is 0.840 bits per heavy atom. The summed E-state index contributed by atoms with van der Waals surface area (Å²) in [4.78, 5) is 0.287. The molecule has 25 heavy (non-hydrogen) atoms. The second-order valence-electron chi connectivity index (χ2n) is 5.74. The lowest BCUT2D eigenvalue weighted by atomic mass is 10.2. The second kappa shape index (κ2) is 7.42. The first-order valence-electron chi connectivity index (χ1n) is 7.86. The van der Waals surface area contributed by atoms with Gasteiger partial charge in [-0.3, -0.25) is 4.31 Å². The molecule has 0 amide bonds. The van der Waals surface area contributed by atoms with E-state index >= 15 is 0 Å². The molecule has 3 aromatic carbocycles. The molecule has 0 aliphatic heterocycles. The lowest BCUT2D eigenvalue weighted by molar-refractivity contribution is 0.590. The Morgan fingerprint density at radius 2 is 1.44 bits per heavy atom. The lowest BCUT2D eigenvalue weighted by Crippen LogP contribution is -2.31. The molecule has 0 atom stereocenters. The van der Waals surface area contributed by atoms with Crippen LogP contribution in [0.5, 0.6) is 0 Å². The molecular formula is C20H18BrNO2S. The number of anilines is 1. The van der Waals surface area contributed by atoms with Crippen molar-refractivity contribution in [3.8, 4) is 0 Å². The maximum atomic E-state index is 13.3. The zero-order valence-corrected chi connectivity index (χ0v) is 16.2. The summed E-state index contributed by atoms with van der Waals surface area (Å²) in [6.07, 6.45) is 0. The predicted octanol–water partition coefficient (Wildman–Crippen LogP) is 5.15. The summed E-state index contributed by atoms with van der Waals surface area (Å²) in [5.74, 6) is 0. The van der Waals surface area contributed by atoms with Gasteiger partial charge in [0.25, 0.3) is 10.0 Å². The first-order chi connectivity index (χ1) is 12.0. The summed E-state index contributed by atoms with van der Waals surface area (Å²) in [6, 6.07) is 23.8. The van der Waals surface area contributed by atoms with E-state index < -0.39 is 10.0 Å². The minimum absolute atomic E-state index is 0.273. The summed E-state index contributed by atoms with van der Waals surface area (Å²) in [5.41, 5.74) is 2.53. The lowest BCUT2D eigenvalue weighted by Gasteiger charge is -2.26. The van der Waals surface area contributed by atoms with Crippen LogP contribution < -0.4 is 4.31 Å². The number of aryl methyl sites for hydroxylation is 1. The van der Waals surface area contributed by atoms with E-state index in [0.29, 0.717) is 5.69 Å². The topological polar surface area (TPSA) is 37.4 Å². The smallest absolute Gasteiger partial charge is 0.262 e. The van der Waals surface area contributed by atoms with Crippen LogP contribution in [0, 0.1) is 6.92 Å². The number of sulfonamides is 1. The normalized spacial score (nSPS) is 11.3. The fourth-order valence-electron chi connectivity index (χ4n) is 2.62. The first-order valence-corrected chi connectivity index (χ1v) is 10.1.